The SMILES string of the molecule is CC(C)(C)N1C(=O)[C@H]2[C@H](CC=C3[C@H]2C[C@H]2C(=O)N(Nc4ncc(C(F)(F)F)cc4Cl)C(=O)[C@@]2(c2ccc(Cl)cc2)[C@H]3c2ccc(O)c(F)c2)C1=O. The fraction of sp³-hybridized carbons (Fsp3) is 0.361. The highest BCUT2D eigenvalue weighted by molar-refractivity contribution is 6.33. The molecule has 3 fully saturated rings. The van der Waals surface area contributed by atoms with Gasteiger partial charge in [0.15, 0.2) is 17.4 Å². The topological polar surface area (TPSA) is 120 Å². The number of imide groups is 2. The standard InChI is InChI=1S/C36H30Cl2F4N4O5/c1-34(2,3)45-30(48)21-10-9-20-22(27(21)32(45)50)14-23-31(49)46(44-29-24(38)13-18(15-43-29)36(40,41)42)33(51)35(23,17-5-7-19(37)8-6-17)28(20)16-4-11-26(47)25(39)12-16/h4-9,11-13,15,21-23,27-28,47H,10,14H2,1-3H3,(H,43,44)/t21-,22+,23-,27-,28-,35+/m0/s1. The number of halogens is 6. The van der Waals surface area contributed by atoms with Gasteiger partial charge in [-0.2, -0.15) is 18.2 Å². The van der Waals surface area contributed by atoms with Crippen LogP contribution in [0, 0.1) is 29.5 Å². The zero-order valence-corrected chi connectivity index (χ0v) is 28.8. The average molecular weight is 746 g/mol. The molecule has 0 unspecified atom stereocenters. The lowest BCUT2D eigenvalue weighted by Gasteiger charge is -2.50. The van der Waals surface area contributed by atoms with Crippen molar-refractivity contribution >= 4 is 52.6 Å². The van der Waals surface area contributed by atoms with Crippen LogP contribution in [0.3, 0.4) is 0 Å². The predicted molar refractivity (Wildman–Crippen MR) is 177 cm³/mol. The van der Waals surface area contributed by atoms with Crippen LogP contribution >= 0.6 is 23.2 Å². The summed E-state index contributed by atoms with van der Waals surface area (Å²) in [5.74, 6) is -9.21. The number of hydrogen-bond donors (Lipinski definition) is 2. The summed E-state index contributed by atoms with van der Waals surface area (Å²) < 4.78 is 55.4. The molecule has 2 N–H and O–H groups in total. The summed E-state index contributed by atoms with van der Waals surface area (Å²) in [6, 6.07) is 10.4. The number of alkyl halides is 3. The number of carbonyl (C=O) groups is 4. The third kappa shape index (κ3) is 5.22. The number of benzene rings is 2. The smallest absolute Gasteiger partial charge is 0.417 e. The summed E-state index contributed by atoms with van der Waals surface area (Å²) in [5.41, 5.74) is -0.219. The van der Waals surface area contributed by atoms with E-state index in [2.05, 4.69) is 10.4 Å². The largest absolute Gasteiger partial charge is 0.505 e. The molecule has 0 radical (unpaired) electrons. The van der Waals surface area contributed by atoms with E-state index in [-0.39, 0.29) is 24.3 Å². The Balaban J connectivity index is 1.44. The zero-order chi connectivity index (χ0) is 36.9. The van der Waals surface area contributed by atoms with E-state index in [1.807, 2.05) is 0 Å². The van der Waals surface area contributed by atoms with Gasteiger partial charge in [0.2, 0.25) is 11.8 Å². The van der Waals surface area contributed by atoms with Crippen LogP contribution in [0.4, 0.5) is 23.4 Å². The van der Waals surface area contributed by atoms with Gasteiger partial charge in [0, 0.05) is 22.7 Å². The molecule has 7 rings (SSSR count). The summed E-state index contributed by atoms with van der Waals surface area (Å²) in [6.07, 6.45) is -2.42. The number of fused-ring (bicyclic) bond motifs is 4. The molecule has 2 aliphatic heterocycles. The van der Waals surface area contributed by atoms with Gasteiger partial charge < -0.3 is 5.11 Å². The lowest BCUT2D eigenvalue weighted by Crippen LogP contribution is -2.53. The van der Waals surface area contributed by atoms with Crippen molar-refractivity contribution in [3.63, 3.8) is 0 Å². The summed E-state index contributed by atoms with van der Waals surface area (Å²) >= 11 is 12.4. The van der Waals surface area contributed by atoms with Gasteiger partial charge in [-0.3, -0.25) is 29.5 Å². The maximum absolute atomic E-state index is 15.2. The number of pyridine rings is 1. The molecule has 15 heteroatoms. The Morgan fingerprint density at radius 3 is 2.24 bits per heavy atom. The molecule has 2 saturated heterocycles. The van der Waals surface area contributed by atoms with Crippen LogP contribution < -0.4 is 5.43 Å². The van der Waals surface area contributed by atoms with E-state index >= 15 is 9.18 Å². The van der Waals surface area contributed by atoms with E-state index in [1.165, 1.54) is 23.1 Å². The summed E-state index contributed by atoms with van der Waals surface area (Å²) in [4.78, 5) is 62.6. The number of aromatic hydroxyl groups is 1. The molecule has 1 saturated carbocycles. The number of nitrogens with one attached hydrogen (secondary N) is 1. The van der Waals surface area contributed by atoms with Gasteiger partial charge in [-0.15, -0.1) is 0 Å². The molecule has 4 amide bonds. The zero-order valence-electron chi connectivity index (χ0n) is 27.3. The molecule has 3 aromatic rings. The molecule has 0 bridgehead atoms. The molecule has 266 valence electrons. The average Bonchev–Trinajstić information content (AvgIpc) is 3.44. The highest BCUT2D eigenvalue weighted by atomic mass is 35.5. The number of hydrogen-bond acceptors (Lipinski definition) is 7. The van der Waals surface area contributed by atoms with Crippen LogP contribution in [-0.2, 0) is 30.8 Å². The van der Waals surface area contributed by atoms with Crippen molar-refractivity contribution in [3.05, 3.63) is 98.9 Å². The highest BCUT2D eigenvalue weighted by Crippen LogP contribution is 2.64. The number of rotatable bonds is 4. The van der Waals surface area contributed by atoms with Gasteiger partial charge >= 0.3 is 6.18 Å². The second-order valence-corrected chi connectivity index (χ2v) is 15.2. The van der Waals surface area contributed by atoms with Crippen molar-refractivity contribution in [3.8, 4) is 5.75 Å². The number of phenolic OH excluding ortho intramolecular Hbond substituents is 1. The van der Waals surface area contributed by atoms with Crippen LogP contribution in [0.15, 0.2) is 66.4 Å². The van der Waals surface area contributed by atoms with Crippen molar-refractivity contribution in [1.29, 1.82) is 0 Å². The molecular formula is C36H30Cl2F4N4O5. The minimum atomic E-state index is -4.77. The number of aromatic nitrogens is 1. The van der Waals surface area contributed by atoms with Crippen molar-refractivity contribution in [2.45, 2.75) is 56.7 Å². The number of amides is 4. The van der Waals surface area contributed by atoms with Gasteiger partial charge in [-0.1, -0.05) is 53.1 Å². The van der Waals surface area contributed by atoms with E-state index < -0.39 is 92.4 Å². The van der Waals surface area contributed by atoms with E-state index in [4.69, 9.17) is 23.2 Å². The Morgan fingerprint density at radius 1 is 0.941 bits per heavy atom. The van der Waals surface area contributed by atoms with Crippen LogP contribution in [0.2, 0.25) is 10.0 Å². The monoisotopic (exact) mass is 744 g/mol. The van der Waals surface area contributed by atoms with Crippen molar-refractivity contribution in [2.24, 2.45) is 23.7 Å². The first-order valence-electron chi connectivity index (χ1n) is 16.1. The fourth-order valence-corrected chi connectivity index (χ4v) is 8.86. The second-order valence-electron chi connectivity index (χ2n) is 14.3. The predicted octanol–water partition coefficient (Wildman–Crippen LogP) is 7.04. The first-order chi connectivity index (χ1) is 23.9. The Labute approximate surface area is 299 Å². The van der Waals surface area contributed by atoms with Crippen LogP contribution in [-0.4, -0.2) is 49.2 Å². The summed E-state index contributed by atoms with van der Waals surface area (Å²) in [6.45, 7) is 5.23. The van der Waals surface area contributed by atoms with Gasteiger partial charge in [0.25, 0.3) is 11.8 Å². The van der Waals surface area contributed by atoms with E-state index in [0.717, 1.165) is 12.1 Å². The van der Waals surface area contributed by atoms with Crippen molar-refractivity contribution in [1.82, 2.24) is 14.9 Å². The normalized spacial score (nSPS) is 27.7. The molecule has 9 nitrogen and oxygen atoms in total. The van der Waals surface area contributed by atoms with Gasteiger partial charge in [-0.05, 0) is 81.0 Å². The molecule has 51 heavy (non-hydrogen) atoms. The number of likely N-dealkylation sites (tertiary alicyclic amines) is 1. The van der Waals surface area contributed by atoms with Crippen LogP contribution in [0.5, 0.6) is 5.75 Å². The number of anilines is 1. The molecule has 0 spiro atoms. The molecule has 1 aromatic heterocycles. The minimum Gasteiger partial charge on any atom is -0.505 e. The lowest BCUT2D eigenvalue weighted by atomic mass is 9.49. The van der Waals surface area contributed by atoms with Crippen molar-refractivity contribution < 1.29 is 41.8 Å². The quantitative estimate of drug-likeness (QED) is 0.167. The van der Waals surface area contributed by atoms with Crippen LogP contribution in [0.1, 0.15) is 56.2 Å². The maximum atomic E-state index is 15.2. The fourth-order valence-electron chi connectivity index (χ4n) is 8.52. The first kappa shape index (κ1) is 34.9. The summed E-state index contributed by atoms with van der Waals surface area (Å²) in [7, 11) is 0. The number of nitrogens with zero attached hydrogens (tertiary/aromatic N) is 3. The number of hydrazine groups is 1. The van der Waals surface area contributed by atoms with Gasteiger partial charge in [-0.25, -0.2) is 9.37 Å². The Hall–Kier alpha value is -4.49. The third-order valence-electron chi connectivity index (χ3n) is 10.5. The van der Waals surface area contributed by atoms with Gasteiger partial charge in [0.05, 0.1) is 33.8 Å². The van der Waals surface area contributed by atoms with E-state index in [0.29, 0.717) is 33.4 Å². The van der Waals surface area contributed by atoms with E-state index in [1.54, 1.807) is 39.0 Å². The lowest BCUT2D eigenvalue weighted by molar-refractivity contribution is -0.146. The molecule has 2 aromatic carbocycles. The highest BCUT2D eigenvalue weighted by Gasteiger charge is 2.70. The van der Waals surface area contributed by atoms with Crippen LogP contribution in [0.25, 0.3) is 0 Å². The number of carbonyl (C=O) groups excluding carboxylic acids is 4. The molecular weight excluding hydrogens is 715 g/mol. The number of phenols is 1. The Bertz CT molecular complexity index is 2050. The van der Waals surface area contributed by atoms with Gasteiger partial charge in [0.1, 0.15) is 0 Å². The van der Waals surface area contributed by atoms with Crippen molar-refractivity contribution in [2.75, 3.05) is 5.43 Å². The Morgan fingerprint density at radius 2 is 1.63 bits per heavy atom. The van der Waals surface area contributed by atoms with E-state index in [9.17, 15) is 32.7 Å². The molecule has 2 aliphatic carbocycles. The summed E-state index contributed by atoms with van der Waals surface area (Å²) in [5, 5.41) is 10.6. The second kappa shape index (κ2) is 11.8. The first-order valence-corrected chi connectivity index (χ1v) is 16.8. The molecule has 4 aliphatic rings. The number of allylic oxidation sites excluding steroid dienone is 2. The third-order valence-corrected chi connectivity index (χ3v) is 11.1. The molecule has 3 heterocycles. The minimum absolute atomic E-state index is 0.0827. The Kier molecular flexibility index (Phi) is 8.07. The molecule has 6 atom stereocenters. The maximum Gasteiger partial charge on any atom is 0.417 e.